The van der Waals surface area contributed by atoms with E-state index in [1.807, 2.05) is 0 Å². The van der Waals surface area contributed by atoms with E-state index in [9.17, 15) is 14.4 Å². The molecule has 0 saturated heterocycles. The molecule has 0 aromatic rings. The smallest absolute Gasteiger partial charge is 0.306 e. The molecule has 0 aromatic carbocycles. The Morgan fingerprint density at radius 3 is 0.945 bits per heavy atom. The zero-order valence-corrected chi connectivity index (χ0v) is 37.6. The normalized spacial score (nSPS) is 13.0. The number of unbranched alkanes of at least 4 members (excludes halogenated alkanes) is 26. The minimum absolute atomic E-state index is 0.0667. The van der Waals surface area contributed by atoms with Crippen molar-refractivity contribution in [3.8, 4) is 0 Å². The second-order valence-electron chi connectivity index (χ2n) is 17.2. The molecule has 0 aliphatic rings. The van der Waals surface area contributed by atoms with Crippen LogP contribution in [0, 0.1) is 11.8 Å². The summed E-state index contributed by atoms with van der Waals surface area (Å²) < 4.78 is 16.6. The van der Waals surface area contributed by atoms with Crippen LogP contribution in [0.3, 0.4) is 0 Å². The van der Waals surface area contributed by atoms with Gasteiger partial charge in [-0.1, -0.05) is 227 Å². The van der Waals surface area contributed by atoms with E-state index >= 15 is 0 Å². The maximum atomic E-state index is 12.7. The average molecular weight is 779 g/mol. The highest BCUT2D eigenvalue weighted by atomic mass is 16.6. The Morgan fingerprint density at radius 1 is 0.364 bits per heavy atom. The SMILES string of the molecule is CCCCCCCC(=O)OC[C@H](COC(=O)CCCCCCCCC(C)CC)OC(=O)CCCCCCCCCCCCCCCCCCCCC(C)CC. The number of carbonyl (C=O) groups is 3. The summed E-state index contributed by atoms with van der Waals surface area (Å²) in [7, 11) is 0. The van der Waals surface area contributed by atoms with Crippen LogP contribution in [0.25, 0.3) is 0 Å². The summed E-state index contributed by atoms with van der Waals surface area (Å²) in [6.45, 7) is 11.3. The molecule has 2 unspecified atom stereocenters. The third kappa shape index (κ3) is 40.4. The molecule has 0 amide bonds. The molecule has 0 bridgehead atoms. The van der Waals surface area contributed by atoms with Crippen LogP contribution in [0.1, 0.15) is 266 Å². The molecule has 0 fully saturated rings. The molecule has 3 atom stereocenters. The third-order valence-corrected chi connectivity index (χ3v) is 11.7. The van der Waals surface area contributed by atoms with Crippen LogP contribution in [0.15, 0.2) is 0 Å². The number of esters is 3. The fourth-order valence-electron chi connectivity index (χ4n) is 7.22. The van der Waals surface area contributed by atoms with E-state index in [4.69, 9.17) is 14.2 Å². The molecule has 0 spiro atoms. The first kappa shape index (κ1) is 53.4. The topological polar surface area (TPSA) is 78.9 Å². The van der Waals surface area contributed by atoms with Crippen LogP contribution in [-0.2, 0) is 28.6 Å². The van der Waals surface area contributed by atoms with Gasteiger partial charge in [0.1, 0.15) is 13.2 Å². The quantitative estimate of drug-likeness (QED) is 0.0348. The molecule has 0 N–H and O–H groups in total. The predicted octanol–water partition coefficient (Wildman–Crippen LogP) is 15.4. The predicted molar refractivity (Wildman–Crippen MR) is 233 cm³/mol. The molecule has 55 heavy (non-hydrogen) atoms. The first-order chi connectivity index (χ1) is 26.8. The van der Waals surface area contributed by atoms with Gasteiger partial charge in [-0.25, -0.2) is 0 Å². The van der Waals surface area contributed by atoms with E-state index in [1.54, 1.807) is 0 Å². The Labute approximate surface area is 342 Å². The van der Waals surface area contributed by atoms with Crippen LogP contribution in [0.2, 0.25) is 0 Å². The second kappa shape index (κ2) is 42.0. The van der Waals surface area contributed by atoms with E-state index in [0.29, 0.717) is 19.3 Å². The molecule has 0 saturated carbocycles. The molecule has 6 heteroatoms. The highest BCUT2D eigenvalue weighted by Crippen LogP contribution is 2.18. The third-order valence-electron chi connectivity index (χ3n) is 11.7. The van der Waals surface area contributed by atoms with Gasteiger partial charge >= 0.3 is 17.9 Å². The molecule has 0 aliphatic heterocycles. The van der Waals surface area contributed by atoms with Gasteiger partial charge in [0.25, 0.3) is 0 Å². The standard InChI is InChI=1S/C49H94O6/c1-6-9-10-27-34-39-47(50)53-42-46(43-54-48(51)40-35-30-26-25-29-33-38-45(5)8-3)55-49(52)41-36-31-24-22-20-18-16-14-12-11-13-15-17-19-21-23-28-32-37-44(4)7-2/h44-46H,6-43H2,1-5H3/t44?,45?,46-/m1/s1. The average Bonchev–Trinajstić information content (AvgIpc) is 3.18. The van der Waals surface area contributed by atoms with Crippen molar-refractivity contribution in [1.29, 1.82) is 0 Å². The van der Waals surface area contributed by atoms with Crippen LogP contribution in [-0.4, -0.2) is 37.2 Å². The van der Waals surface area contributed by atoms with Crippen LogP contribution >= 0.6 is 0 Å². The Bertz CT molecular complexity index is 843. The molecule has 326 valence electrons. The molecular formula is C49H94O6. The van der Waals surface area contributed by atoms with Crippen LogP contribution < -0.4 is 0 Å². The highest BCUT2D eigenvalue weighted by molar-refractivity contribution is 5.71. The number of rotatable bonds is 43. The summed E-state index contributed by atoms with van der Waals surface area (Å²) >= 11 is 0. The van der Waals surface area contributed by atoms with E-state index in [1.165, 1.54) is 148 Å². The number of hydrogen-bond donors (Lipinski definition) is 0. The molecular weight excluding hydrogens is 685 g/mol. The molecule has 0 rings (SSSR count). The minimum Gasteiger partial charge on any atom is -0.462 e. The summed E-state index contributed by atoms with van der Waals surface area (Å²) in [5.41, 5.74) is 0. The summed E-state index contributed by atoms with van der Waals surface area (Å²) in [5.74, 6) is 0.852. The Balaban J connectivity index is 4.06. The van der Waals surface area contributed by atoms with Gasteiger partial charge in [-0.2, -0.15) is 0 Å². The zero-order valence-electron chi connectivity index (χ0n) is 37.6. The summed E-state index contributed by atoms with van der Waals surface area (Å²) in [6, 6.07) is 0. The van der Waals surface area contributed by atoms with Gasteiger partial charge < -0.3 is 14.2 Å². The Hall–Kier alpha value is -1.59. The lowest BCUT2D eigenvalue weighted by atomic mass is 9.99. The van der Waals surface area contributed by atoms with Crippen LogP contribution in [0.4, 0.5) is 0 Å². The van der Waals surface area contributed by atoms with Crippen molar-refractivity contribution in [1.82, 2.24) is 0 Å². The highest BCUT2D eigenvalue weighted by Gasteiger charge is 2.19. The maximum Gasteiger partial charge on any atom is 0.306 e. The summed E-state index contributed by atoms with van der Waals surface area (Å²) in [6.07, 6.45) is 41.3. The van der Waals surface area contributed by atoms with Crippen molar-refractivity contribution >= 4 is 17.9 Å². The van der Waals surface area contributed by atoms with Crippen LogP contribution in [0.5, 0.6) is 0 Å². The van der Waals surface area contributed by atoms with Crippen molar-refractivity contribution in [3.05, 3.63) is 0 Å². The van der Waals surface area contributed by atoms with Crippen molar-refractivity contribution < 1.29 is 28.6 Å². The fraction of sp³-hybridized carbons (Fsp3) is 0.939. The van der Waals surface area contributed by atoms with Crippen molar-refractivity contribution in [2.75, 3.05) is 13.2 Å². The second-order valence-corrected chi connectivity index (χ2v) is 17.2. The summed E-state index contributed by atoms with van der Waals surface area (Å²) in [5, 5.41) is 0. The number of carbonyl (C=O) groups excluding carboxylic acids is 3. The van der Waals surface area contributed by atoms with E-state index in [2.05, 4.69) is 34.6 Å². The van der Waals surface area contributed by atoms with E-state index in [-0.39, 0.29) is 31.1 Å². The maximum absolute atomic E-state index is 12.7. The lowest BCUT2D eigenvalue weighted by Gasteiger charge is -2.18. The molecule has 6 nitrogen and oxygen atoms in total. The first-order valence-electron chi connectivity index (χ1n) is 24.3. The van der Waals surface area contributed by atoms with Gasteiger partial charge in [-0.15, -0.1) is 0 Å². The van der Waals surface area contributed by atoms with Gasteiger partial charge in [0, 0.05) is 19.3 Å². The largest absolute Gasteiger partial charge is 0.462 e. The lowest BCUT2D eigenvalue weighted by molar-refractivity contribution is -0.167. The van der Waals surface area contributed by atoms with Gasteiger partial charge in [-0.3, -0.25) is 14.4 Å². The Kier molecular flexibility index (Phi) is 40.8. The lowest BCUT2D eigenvalue weighted by Crippen LogP contribution is -2.30. The number of hydrogen-bond acceptors (Lipinski definition) is 6. The van der Waals surface area contributed by atoms with Crippen molar-refractivity contribution in [3.63, 3.8) is 0 Å². The Morgan fingerprint density at radius 2 is 0.636 bits per heavy atom. The molecule has 0 aromatic heterocycles. The number of ether oxygens (including phenoxy) is 3. The minimum atomic E-state index is -0.759. The van der Waals surface area contributed by atoms with Crippen molar-refractivity contribution in [2.45, 2.75) is 272 Å². The zero-order chi connectivity index (χ0) is 40.5. The molecule has 0 radical (unpaired) electrons. The van der Waals surface area contributed by atoms with E-state index < -0.39 is 6.10 Å². The summed E-state index contributed by atoms with van der Waals surface area (Å²) in [4.78, 5) is 37.5. The fourth-order valence-corrected chi connectivity index (χ4v) is 7.22. The van der Waals surface area contributed by atoms with Gasteiger partial charge in [-0.05, 0) is 31.1 Å². The first-order valence-corrected chi connectivity index (χ1v) is 24.3. The van der Waals surface area contributed by atoms with E-state index in [0.717, 1.165) is 76.0 Å². The van der Waals surface area contributed by atoms with Gasteiger partial charge in [0.05, 0.1) is 0 Å². The van der Waals surface area contributed by atoms with Gasteiger partial charge in [0.2, 0.25) is 0 Å². The monoisotopic (exact) mass is 779 g/mol. The van der Waals surface area contributed by atoms with Gasteiger partial charge in [0.15, 0.2) is 6.10 Å². The molecule has 0 aliphatic carbocycles. The van der Waals surface area contributed by atoms with Crippen molar-refractivity contribution in [2.24, 2.45) is 11.8 Å². The molecule has 0 heterocycles.